The molecule has 0 aromatic rings. The van der Waals surface area contributed by atoms with Gasteiger partial charge in [-0.3, -0.25) is 4.79 Å². The minimum Gasteiger partial charge on any atom is -0.353 e. The summed E-state index contributed by atoms with van der Waals surface area (Å²) in [5.74, 6) is 1.03. The molecule has 1 fully saturated rings. The highest BCUT2D eigenvalue weighted by atomic mass is 16.1. The Hall–Kier alpha value is -0.570. The molecule has 1 atom stereocenters. The maximum Gasteiger partial charge on any atom is 0.234 e. The smallest absolute Gasteiger partial charge is 0.234 e. The monoisotopic (exact) mass is 226 g/mol. The molecule has 0 spiro atoms. The van der Waals surface area contributed by atoms with E-state index in [2.05, 4.69) is 17.6 Å². The second-order valence-corrected chi connectivity index (χ2v) is 4.99. The molecule has 2 N–H and O–H groups in total. The second kappa shape index (κ2) is 7.66. The van der Waals surface area contributed by atoms with E-state index in [-0.39, 0.29) is 5.91 Å². The van der Waals surface area contributed by atoms with Crippen LogP contribution < -0.4 is 10.6 Å². The molecular weight excluding hydrogens is 200 g/mol. The number of rotatable bonds is 7. The Morgan fingerprint density at radius 3 is 2.69 bits per heavy atom. The lowest BCUT2D eigenvalue weighted by molar-refractivity contribution is -0.120. The van der Waals surface area contributed by atoms with E-state index in [0.29, 0.717) is 12.6 Å². The van der Waals surface area contributed by atoms with Crippen molar-refractivity contribution in [3.8, 4) is 0 Å². The van der Waals surface area contributed by atoms with Crippen LogP contribution in [0.25, 0.3) is 0 Å². The van der Waals surface area contributed by atoms with E-state index in [9.17, 15) is 4.79 Å². The first-order valence-corrected chi connectivity index (χ1v) is 6.72. The fourth-order valence-corrected chi connectivity index (χ4v) is 2.24. The second-order valence-electron chi connectivity index (χ2n) is 4.99. The Bertz CT molecular complexity index is 200. The Morgan fingerprint density at radius 1 is 1.38 bits per heavy atom. The summed E-state index contributed by atoms with van der Waals surface area (Å²) in [6, 6.07) is 0.295. The summed E-state index contributed by atoms with van der Waals surface area (Å²) < 4.78 is 0. The lowest BCUT2D eigenvalue weighted by Crippen LogP contribution is -2.39. The van der Waals surface area contributed by atoms with Crippen LogP contribution in [0.3, 0.4) is 0 Å². The predicted octanol–water partition coefficient (Wildman–Crippen LogP) is 2.07. The highest BCUT2D eigenvalue weighted by Gasteiger charge is 2.14. The van der Waals surface area contributed by atoms with E-state index in [1.165, 1.54) is 32.1 Å². The third-order valence-electron chi connectivity index (χ3n) is 3.51. The quantitative estimate of drug-likeness (QED) is 0.653. The van der Waals surface area contributed by atoms with Crippen molar-refractivity contribution >= 4 is 5.91 Å². The molecule has 0 radical (unpaired) electrons. The molecule has 0 aromatic heterocycles. The van der Waals surface area contributed by atoms with Crippen molar-refractivity contribution in [3.63, 3.8) is 0 Å². The van der Waals surface area contributed by atoms with Crippen LogP contribution in [0, 0.1) is 5.92 Å². The largest absolute Gasteiger partial charge is 0.353 e. The van der Waals surface area contributed by atoms with Gasteiger partial charge < -0.3 is 10.6 Å². The molecule has 0 bridgehead atoms. The van der Waals surface area contributed by atoms with Crippen molar-refractivity contribution in [1.82, 2.24) is 10.6 Å². The maximum atomic E-state index is 11.4. The maximum absolute atomic E-state index is 11.4. The van der Waals surface area contributed by atoms with Crippen LogP contribution in [-0.4, -0.2) is 25.0 Å². The average molecular weight is 226 g/mol. The van der Waals surface area contributed by atoms with Gasteiger partial charge in [0.25, 0.3) is 0 Å². The number of hydrogen-bond acceptors (Lipinski definition) is 2. The van der Waals surface area contributed by atoms with Gasteiger partial charge >= 0.3 is 0 Å². The van der Waals surface area contributed by atoms with Gasteiger partial charge in [0.15, 0.2) is 0 Å². The highest BCUT2D eigenvalue weighted by Crippen LogP contribution is 2.26. The first kappa shape index (κ1) is 13.5. The van der Waals surface area contributed by atoms with Gasteiger partial charge in [-0.2, -0.15) is 0 Å². The third kappa shape index (κ3) is 5.50. The van der Waals surface area contributed by atoms with Crippen molar-refractivity contribution in [2.45, 2.75) is 58.4 Å². The summed E-state index contributed by atoms with van der Waals surface area (Å²) in [5.41, 5.74) is 0. The van der Waals surface area contributed by atoms with Gasteiger partial charge in [-0.25, -0.2) is 0 Å². The zero-order chi connectivity index (χ0) is 11.8. The number of carbonyl (C=O) groups is 1. The molecule has 1 rings (SSSR count). The molecule has 1 aliphatic carbocycles. The SMILES string of the molecule is CCC(C)NC(=O)CNCCC1CCCC1. The summed E-state index contributed by atoms with van der Waals surface area (Å²) in [6.45, 7) is 5.57. The van der Waals surface area contributed by atoms with Gasteiger partial charge in [0.1, 0.15) is 0 Å². The van der Waals surface area contributed by atoms with E-state index in [0.717, 1.165) is 18.9 Å². The number of carbonyl (C=O) groups excluding carboxylic acids is 1. The molecule has 3 nitrogen and oxygen atoms in total. The Balaban J connectivity index is 1.95. The van der Waals surface area contributed by atoms with Gasteiger partial charge in [0.05, 0.1) is 6.54 Å². The van der Waals surface area contributed by atoms with Crippen molar-refractivity contribution in [2.75, 3.05) is 13.1 Å². The summed E-state index contributed by atoms with van der Waals surface area (Å²) >= 11 is 0. The van der Waals surface area contributed by atoms with Crippen LogP contribution in [0.4, 0.5) is 0 Å². The van der Waals surface area contributed by atoms with E-state index < -0.39 is 0 Å². The lowest BCUT2D eigenvalue weighted by atomic mass is 10.0. The standard InChI is InChI=1S/C13H26N2O/c1-3-11(2)15-13(16)10-14-9-8-12-6-4-5-7-12/h11-12,14H,3-10H2,1-2H3,(H,15,16). The normalized spacial score (nSPS) is 18.6. The topological polar surface area (TPSA) is 41.1 Å². The Labute approximate surface area is 99.4 Å². The highest BCUT2D eigenvalue weighted by molar-refractivity contribution is 5.78. The van der Waals surface area contributed by atoms with Crippen molar-refractivity contribution < 1.29 is 4.79 Å². The minimum absolute atomic E-state index is 0.126. The van der Waals surface area contributed by atoms with Crippen molar-refractivity contribution in [1.29, 1.82) is 0 Å². The first-order valence-electron chi connectivity index (χ1n) is 6.72. The van der Waals surface area contributed by atoms with Crippen LogP contribution >= 0.6 is 0 Å². The number of amides is 1. The summed E-state index contributed by atoms with van der Waals surface area (Å²) in [5, 5.41) is 6.19. The zero-order valence-corrected chi connectivity index (χ0v) is 10.7. The van der Waals surface area contributed by atoms with Gasteiger partial charge in [0.2, 0.25) is 5.91 Å². The Morgan fingerprint density at radius 2 is 2.06 bits per heavy atom. The summed E-state index contributed by atoms with van der Waals surface area (Å²) in [7, 11) is 0. The molecule has 0 aromatic carbocycles. The van der Waals surface area contributed by atoms with Crippen LogP contribution in [0.15, 0.2) is 0 Å². The van der Waals surface area contributed by atoms with E-state index in [4.69, 9.17) is 0 Å². The number of nitrogens with one attached hydrogen (secondary N) is 2. The summed E-state index contributed by atoms with van der Waals surface area (Å²) in [6.07, 6.45) is 7.81. The van der Waals surface area contributed by atoms with Crippen molar-refractivity contribution in [3.05, 3.63) is 0 Å². The zero-order valence-electron chi connectivity index (χ0n) is 10.7. The molecule has 3 heteroatoms. The molecular formula is C13H26N2O. The molecule has 1 unspecified atom stereocenters. The molecule has 1 amide bonds. The van der Waals surface area contributed by atoms with Gasteiger partial charge in [-0.15, -0.1) is 0 Å². The molecule has 1 aliphatic rings. The van der Waals surface area contributed by atoms with Crippen LogP contribution in [0.1, 0.15) is 52.4 Å². The van der Waals surface area contributed by atoms with E-state index >= 15 is 0 Å². The molecule has 94 valence electrons. The van der Waals surface area contributed by atoms with Crippen LogP contribution in [0.2, 0.25) is 0 Å². The minimum atomic E-state index is 0.126. The molecule has 16 heavy (non-hydrogen) atoms. The van der Waals surface area contributed by atoms with Crippen LogP contribution in [-0.2, 0) is 4.79 Å². The average Bonchev–Trinajstić information content (AvgIpc) is 2.77. The van der Waals surface area contributed by atoms with Gasteiger partial charge in [-0.1, -0.05) is 32.6 Å². The molecule has 0 aliphatic heterocycles. The third-order valence-corrected chi connectivity index (χ3v) is 3.51. The molecule has 0 saturated heterocycles. The van der Waals surface area contributed by atoms with E-state index in [1.54, 1.807) is 0 Å². The fraction of sp³-hybridized carbons (Fsp3) is 0.923. The first-order chi connectivity index (χ1) is 7.72. The lowest BCUT2D eigenvalue weighted by Gasteiger charge is -2.13. The van der Waals surface area contributed by atoms with Gasteiger partial charge in [0, 0.05) is 6.04 Å². The molecule has 0 heterocycles. The molecule has 1 saturated carbocycles. The fourth-order valence-electron chi connectivity index (χ4n) is 2.24. The summed E-state index contributed by atoms with van der Waals surface area (Å²) in [4.78, 5) is 11.4. The van der Waals surface area contributed by atoms with Gasteiger partial charge in [-0.05, 0) is 32.2 Å². The van der Waals surface area contributed by atoms with Crippen LogP contribution in [0.5, 0.6) is 0 Å². The van der Waals surface area contributed by atoms with Crippen molar-refractivity contribution in [2.24, 2.45) is 5.92 Å². The number of hydrogen-bond donors (Lipinski definition) is 2. The Kier molecular flexibility index (Phi) is 6.46. The predicted molar refractivity (Wildman–Crippen MR) is 67.3 cm³/mol. The van der Waals surface area contributed by atoms with E-state index in [1.807, 2.05) is 6.92 Å².